The van der Waals surface area contributed by atoms with Gasteiger partial charge in [-0.2, -0.15) is 5.10 Å². The van der Waals surface area contributed by atoms with E-state index >= 15 is 0 Å². The summed E-state index contributed by atoms with van der Waals surface area (Å²) in [6.45, 7) is 0.750. The normalized spacial score (nSPS) is 10.7. The smallest absolute Gasteiger partial charge is 0.0660 e. The van der Waals surface area contributed by atoms with Gasteiger partial charge in [-0.05, 0) is 35.4 Å². The lowest BCUT2D eigenvalue weighted by Gasteiger charge is -2.02. The van der Waals surface area contributed by atoms with E-state index in [9.17, 15) is 0 Å². The summed E-state index contributed by atoms with van der Waals surface area (Å²) in [4.78, 5) is 0. The Balaban J connectivity index is 1.84. The number of hydrogen-bond donors (Lipinski definition) is 0. The van der Waals surface area contributed by atoms with Crippen molar-refractivity contribution in [2.24, 2.45) is 0 Å². The van der Waals surface area contributed by atoms with Crippen molar-refractivity contribution in [1.82, 2.24) is 9.78 Å². The molecule has 0 bridgehead atoms. The molecule has 2 aromatic carbocycles. The predicted octanol–water partition coefficient (Wildman–Crippen LogP) is 5.01. The second kappa shape index (κ2) is 5.81. The molecule has 1 heterocycles. The van der Waals surface area contributed by atoms with Gasteiger partial charge < -0.3 is 0 Å². The molecule has 0 unspecified atom stereocenters. The van der Waals surface area contributed by atoms with Crippen LogP contribution in [0.5, 0.6) is 0 Å². The molecule has 0 aliphatic rings. The van der Waals surface area contributed by atoms with Crippen LogP contribution in [0.2, 0.25) is 5.02 Å². The van der Waals surface area contributed by atoms with Crippen LogP contribution in [0.3, 0.4) is 0 Å². The first kappa shape index (κ1) is 13.4. The van der Waals surface area contributed by atoms with E-state index in [2.05, 4.69) is 33.2 Å². The number of benzene rings is 2. The van der Waals surface area contributed by atoms with E-state index in [4.69, 9.17) is 11.6 Å². The fourth-order valence-corrected chi connectivity index (χ4v) is 2.73. The van der Waals surface area contributed by atoms with Crippen LogP contribution >= 0.6 is 27.5 Å². The van der Waals surface area contributed by atoms with E-state index in [1.165, 1.54) is 5.56 Å². The van der Waals surface area contributed by atoms with Crippen LogP contribution in [0.4, 0.5) is 0 Å². The maximum atomic E-state index is 6.02. The van der Waals surface area contributed by atoms with Crippen LogP contribution in [-0.4, -0.2) is 9.78 Å². The average molecular weight is 348 g/mol. The lowest BCUT2D eigenvalue weighted by Crippen LogP contribution is -1.99. The molecule has 100 valence electrons. The van der Waals surface area contributed by atoms with Gasteiger partial charge in [-0.1, -0.05) is 51.8 Å². The summed E-state index contributed by atoms with van der Waals surface area (Å²) in [6, 6.07) is 16.0. The minimum atomic E-state index is 0.738. The van der Waals surface area contributed by atoms with Gasteiger partial charge in [0, 0.05) is 21.3 Å². The number of hydrogen-bond acceptors (Lipinski definition) is 1. The van der Waals surface area contributed by atoms with E-state index in [0.29, 0.717) is 0 Å². The Hall–Kier alpha value is -1.58. The first-order valence-corrected chi connectivity index (χ1v) is 7.41. The molecule has 0 atom stereocenters. The van der Waals surface area contributed by atoms with Crippen LogP contribution in [0.25, 0.3) is 11.1 Å². The summed E-state index contributed by atoms with van der Waals surface area (Å²) in [5, 5.41) is 5.14. The van der Waals surface area contributed by atoms with Crippen LogP contribution < -0.4 is 0 Å². The molecule has 1 aromatic heterocycles. The van der Waals surface area contributed by atoms with E-state index in [1.807, 2.05) is 53.5 Å². The van der Waals surface area contributed by atoms with Gasteiger partial charge in [-0.15, -0.1) is 0 Å². The Bertz CT molecular complexity index is 737. The quantitative estimate of drug-likeness (QED) is 0.651. The molecule has 20 heavy (non-hydrogen) atoms. The summed E-state index contributed by atoms with van der Waals surface area (Å²) >= 11 is 9.50. The summed E-state index contributed by atoms with van der Waals surface area (Å²) in [6.07, 6.45) is 3.90. The highest BCUT2D eigenvalue weighted by Crippen LogP contribution is 2.22. The zero-order valence-electron chi connectivity index (χ0n) is 10.6. The van der Waals surface area contributed by atoms with Gasteiger partial charge >= 0.3 is 0 Å². The zero-order chi connectivity index (χ0) is 13.9. The molecule has 0 saturated heterocycles. The molecular formula is C16H12BrClN2. The topological polar surface area (TPSA) is 17.8 Å². The van der Waals surface area contributed by atoms with Crippen molar-refractivity contribution in [3.05, 3.63) is 76.0 Å². The van der Waals surface area contributed by atoms with Gasteiger partial charge in [0.05, 0.1) is 12.7 Å². The van der Waals surface area contributed by atoms with E-state index in [-0.39, 0.29) is 0 Å². The van der Waals surface area contributed by atoms with E-state index in [1.54, 1.807) is 0 Å². The molecule has 0 amide bonds. The van der Waals surface area contributed by atoms with Crippen molar-refractivity contribution >= 4 is 27.5 Å². The number of aromatic nitrogens is 2. The zero-order valence-corrected chi connectivity index (χ0v) is 13.0. The average Bonchev–Trinajstić information content (AvgIpc) is 2.87. The van der Waals surface area contributed by atoms with Crippen molar-refractivity contribution in [3.63, 3.8) is 0 Å². The monoisotopic (exact) mass is 346 g/mol. The Morgan fingerprint density at radius 3 is 2.70 bits per heavy atom. The fraction of sp³-hybridized carbons (Fsp3) is 0.0625. The van der Waals surface area contributed by atoms with Gasteiger partial charge in [0.25, 0.3) is 0 Å². The highest BCUT2D eigenvalue weighted by atomic mass is 79.9. The van der Waals surface area contributed by atoms with Crippen molar-refractivity contribution in [3.8, 4) is 11.1 Å². The minimum absolute atomic E-state index is 0.738. The van der Waals surface area contributed by atoms with Gasteiger partial charge in [0.1, 0.15) is 0 Å². The molecular weight excluding hydrogens is 336 g/mol. The van der Waals surface area contributed by atoms with Gasteiger partial charge in [-0.3, -0.25) is 4.68 Å². The molecule has 0 fully saturated rings. The third kappa shape index (κ3) is 3.11. The Labute approximate surface area is 131 Å². The third-order valence-corrected chi connectivity index (χ3v) is 3.75. The lowest BCUT2D eigenvalue weighted by molar-refractivity contribution is 0.687. The van der Waals surface area contributed by atoms with Crippen LogP contribution in [0, 0.1) is 0 Å². The first-order chi connectivity index (χ1) is 9.70. The molecule has 0 radical (unpaired) electrons. The summed E-state index contributed by atoms with van der Waals surface area (Å²) < 4.78 is 3.01. The molecule has 0 aliphatic carbocycles. The standard InChI is InChI=1S/C16H12BrClN2/c17-15-5-1-3-12(7-15)10-20-11-14(9-19-20)13-4-2-6-16(18)8-13/h1-9,11H,10H2. The van der Waals surface area contributed by atoms with Crippen LogP contribution in [0.15, 0.2) is 65.4 Å². The van der Waals surface area contributed by atoms with Gasteiger partial charge in [-0.25, -0.2) is 0 Å². The van der Waals surface area contributed by atoms with Crippen molar-refractivity contribution in [2.45, 2.75) is 6.54 Å². The Morgan fingerprint density at radius 2 is 1.90 bits per heavy atom. The molecule has 2 nitrogen and oxygen atoms in total. The minimum Gasteiger partial charge on any atom is -0.268 e. The van der Waals surface area contributed by atoms with Gasteiger partial charge in [0.15, 0.2) is 0 Å². The summed E-state index contributed by atoms with van der Waals surface area (Å²) in [7, 11) is 0. The first-order valence-electron chi connectivity index (χ1n) is 6.23. The number of halogens is 2. The van der Waals surface area contributed by atoms with Crippen molar-refractivity contribution in [2.75, 3.05) is 0 Å². The molecule has 3 rings (SSSR count). The fourth-order valence-electron chi connectivity index (χ4n) is 2.09. The van der Waals surface area contributed by atoms with E-state index in [0.717, 1.165) is 27.2 Å². The van der Waals surface area contributed by atoms with Crippen LogP contribution in [0.1, 0.15) is 5.56 Å². The highest BCUT2D eigenvalue weighted by Gasteiger charge is 2.03. The molecule has 4 heteroatoms. The highest BCUT2D eigenvalue weighted by molar-refractivity contribution is 9.10. The third-order valence-electron chi connectivity index (χ3n) is 3.02. The maximum absolute atomic E-state index is 6.02. The van der Waals surface area contributed by atoms with Gasteiger partial charge in [0.2, 0.25) is 0 Å². The second-order valence-corrected chi connectivity index (χ2v) is 5.92. The maximum Gasteiger partial charge on any atom is 0.0660 e. The Morgan fingerprint density at radius 1 is 1.05 bits per heavy atom. The summed E-state index contributed by atoms with van der Waals surface area (Å²) in [5.41, 5.74) is 3.36. The molecule has 0 saturated carbocycles. The van der Waals surface area contributed by atoms with Crippen LogP contribution in [-0.2, 0) is 6.54 Å². The molecule has 0 N–H and O–H groups in total. The van der Waals surface area contributed by atoms with E-state index < -0.39 is 0 Å². The molecule has 0 aliphatic heterocycles. The SMILES string of the molecule is Clc1cccc(-c2cnn(Cc3cccc(Br)c3)c2)c1. The number of nitrogens with zero attached hydrogens (tertiary/aromatic N) is 2. The summed E-state index contributed by atoms with van der Waals surface area (Å²) in [5.74, 6) is 0. The van der Waals surface area contributed by atoms with Crippen molar-refractivity contribution < 1.29 is 0 Å². The van der Waals surface area contributed by atoms with Crippen molar-refractivity contribution in [1.29, 1.82) is 0 Å². The predicted molar refractivity (Wildman–Crippen MR) is 85.9 cm³/mol. The lowest BCUT2D eigenvalue weighted by atomic mass is 10.1. The molecule has 0 spiro atoms. The Kier molecular flexibility index (Phi) is 3.90. The number of rotatable bonds is 3. The molecule has 3 aromatic rings. The second-order valence-electron chi connectivity index (χ2n) is 4.57. The largest absolute Gasteiger partial charge is 0.268 e.